The highest BCUT2D eigenvalue weighted by Gasteiger charge is 2.40. The van der Waals surface area contributed by atoms with Gasteiger partial charge in [0.15, 0.2) is 11.5 Å². The van der Waals surface area contributed by atoms with E-state index in [1.54, 1.807) is 6.92 Å². The lowest BCUT2D eigenvalue weighted by atomic mass is 9.78. The van der Waals surface area contributed by atoms with Crippen LogP contribution < -0.4 is 5.32 Å². The number of methoxy groups -OCH3 is 1. The van der Waals surface area contributed by atoms with Gasteiger partial charge in [-0.1, -0.05) is 6.58 Å². The maximum atomic E-state index is 13.9. The Morgan fingerprint density at radius 1 is 1.16 bits per heavy atom. The van der Waals surface area contributed by atoms with Crippen LogP contribution in [0, 0.1) is 11.8 Å². The molecule has 1 fully saturated rings. The number of ether oxygens (including phenoxy) is 1. The Labute approximate surface area is 147 Å². The molecule has 0 aromatic rings. The first-order chi connectivity index (χ1) is 11.8. The van der Waals surface area contributed by atoms with E-state index in [2.05, 4.69) is 11.9 Å². The van der Waals surface area contributed by atoms with Crippen molar-refractivity contribution in [2.75, 3.05) is 7.11 Å². The van der Waals surface area contributed by atoms with Crippen molar-refractivity contribution in [1.29, 1.82) is 0 Å². The second-order valence-electron chi connectivity index (χ2n) is 6.62. The maximum absolute atomic E-state index is 13.9. The number of piperidine rings is 1. The first kappa shape index (κ1) is 19.1. The number of carbonyl (C=O) groups is 3. The highest BCUT2D eigenvalue weighted by molar-refractivity contribution is 6.06. The molecular weight excluding hydrogens is 325 g/mol. The molecule has 1 aliphatic carbocycles. The minimum absolute atomic E-state index is 0.0651. The number of hydrogen-bond acceptors (Lipinski definition) is 4. The second kappa shape index (κ2) is 7.76. The van der Waals surface area contributed by atoms with Gasteiger partial charge in [-0.25, -0.2) is 4.39 Å². The molecule has 136 valence electrons. The third-order valence-electron chi connectivity index (χ3n) is 4.81. The molecular formula is C19H24FNO4. The van der Waals surface area contributed by atoms with Crippen molar-refractivity contribution in [2.24, 2.45) is 11.8 Å². The second-order valence-corrected chi connectivity index (χ2v) is 6.62. The predicted molar refractivity (Wildman–Crippen MR) is 90.9 cm³/mol. The van der Waals surface area contributed by atoms with E-state index in [0.717, 1.165) is 0 Å². The van der Waals surface area contributed by atoms with Crippen molar-refractivity contribution < 1.29 is 23.5 Å². The Bertz CT molecular complexity index is 686. The minimum Gasteiger partial charge on any atom is -0.494 e. The van der Waals surface area contributed by atoms with Crippen LogP contribution in [0.3, 0.4) is 0 Å². The average Bonchev–Trinajstić information content (AvgIpc) is 2.67. The third kappa shape index (κ3) is 3.89. The van der Waals surface area contributed by atoms with Crippen molar-refractivity contribution in [2.45, 2.75) is 46.0 Å². The molecule has 0 spiro atoms. The van der Waals surface area contributed by atoms with E-state index < -0.39 is 23.6 Å². The van der Waals surface area contributed by atoms with Crippen LogP contribution in [0.25, 0.3) is 0 Å². The van der Waals surface area contributed by atoms with Crippen molar-refractivity contribution in [1.82, 2.24) is 5.32 Å². The number of nitrogens with one attached hydrogen (secondary N) is 1. The van der Waals surface area contributed by atoms with E-state index in [0.29, 0.717) is 42.4 Å². The smallest absolute Gasteiger partial charge is 0.230 e. The Morgan fingerprint density at radius 2 is 1.84 bits per heavy atom. The Balaban J connectivity index is 2.47. The maximum Gasteiger partial charge on any atom is 0.230 e. The van der Waals surface area contributed by atoms with Gasteiger partial charge in [0.25, 0.3) is 0 Å². The molecule has 2 rings (SSSR count). The van der Waals surface area contributed by atoms with E-state index in [-0.39, 0.29) is 23.9 Å². The van der Waals surface area contributed by atoms with Gasteiger partial charge < -0.3 is 4.74 Å². The molecule has 0 aromatic heterocycles. The minimum atomic E-state index is -0.541. The number of ketones is 1. The SMILES string of the molecule is C=C(C)C1=C(/C(OC)=C(\C)F)CCCC(C2CCC(=O)NC2=O)C1=O. The van der Waals surface area contributed by atoms with Gasteiger partial charge in [0.2, 0.25) is 11.8 Å². The van der Waals surface area contributed by atoms with Crippen LogP contribution in [0.5, 0.6) is 0 Å². The lowest BCUT2D eigenvalue weighted by Crippen LogP contribution is -2.45. The molecule has 5 nitrogen and oxygen atoms in total. The van der Waals surface area contributed by atoms with Crippen LogP contribution in [-0.4, -0.2) is 24.7 Å². The van der Waals surface area contributed by atoms with E-state index in [1.165, 1.54) is 14.0 Å². The fourth-order valence-electron chi connectivity index (χ4n) is 3.73. The largest absolute Gasteiger partial charge is 0.494 e. The molecule has 2 amide bonds. The Hall–Kier alpha value is -2.24. The highest BCUT2D eigenvalue weighted by Crippen LogP contribution is 2.38. The van der Waals surface area contributed by atoms with E-state index in [1.807, 2.05) is 0 Å². The number of allylic oxidation sites excluding steroid dienone is 4. The molecule has 1 saturated heterocycles. The van der Waals surface area contributed by atoms with Crippen LogP contribution in [0.15, 0.2) is 34.9 Å². The van der Waals surface area contributed by atoms with Gasteiger partial charge in [0.1, 0.15) is 5.83 Å². The zero-order valence-electron chi connectivity index (χ0n) is 14.9. The molecule has 1 N–H and O–H groups in total. The lowest BCUT2D eigenvalue weighted by molar-refractivity contribution is -0.140. The van der Waals surface area contributed by atoms with Crippen molar-refractivity contribution in [3.63, 3.8) is 0 Å². The van der Waals surface area contributed by atoms with Gasteiger partial charge in [0.05, 0.1) is 7.11 Å². The molecule has 6 heteroatoms. The summed E-state index contributed by atoms with van der Waals surface area (Å²) in [6, 6.07) is 0. The van der Waals surface area contributed by atoms with Crippen LogP contribution in [0.1, 0.15) is 46.0 Å². The van der Waals surface area contributed by atoms with Gasteiger partial charge in [-0.3, -0.25) is 19.7 Å². The van der Waals surface area contributed by atoms with Crippen molar-refractivity contribution in [3.05, 3.63) is 34.9 Å². The number of Topliss-reactive ketones (excluding diaryl/α,β-unsaturated/α-hetero) is 1. The quantitative estimate of drug-likeness (QED) is 0.625. The monoisotopic (exact) mass is 349 g/mol. The summed E-state index contributed by atoms with van der Waals surface area (Å²) >= 11 is 0. The van der Waals surface area contributed by atoms with E-state index >= 15 is 0 Å². The fourth-order valence-corrected chi connectivity index (χ4v) is 3.73. The van der Waals surface area contributed by atoms with Crippen molar-refractivity contribution in [3.8, 4) is 0 Å². The molecule has 0 aromatic carbocycles. The fraction of sp³-hybridized carbons (Fsp3) is 0.526. The van der Waals surface area contributed by atoms with Crippen LogP contribution in [0.2, 0.25) is 0 Å². The molecule has 2 unspecified atom stereocenters. The normalized spacial score (nSPS) is 26.0. The van der Waals surface area contributed by atoms with Gasteiger partial charge in [-0.15, -0.1) is 0 Å². The summed E-state index contributed by atoms with van der Waals surface area (Å²) in [5, 5.41) is 2.31. The van der Waals surface area contributed by atoms with E-state index in [4.69, 9.17) is 4.74 Å². The highest BCUT2D eigenvalue weighted by atomic mass is 19.1. The number of rotatable bonds is 4. The first-order valence-corrected chi connectivity index (χ1v) is 8.45. The van der Waals surface area contributed by atoms with Crippen LogP contribution >= 0.6 is 0 Å². The molecule has 0 bridgehead atoms. The summed E-state index contributed by atoms with van der Waals surface area (Å²) in [6.45, 7) is 6.86. The summed E-state index contributed by atoms with van der Waals surface area (Å²) in [7, 11) is 1.37. The summed E-state index contributed by atoms with van der Waals surface area (Å²) in [5.41, 5.74) is 1.38. The molecule has 25 heavy (non-hydrogen) atoms. The zero-order valence-corrected chi connectivity index (χ0v) is 14.9. The number of halogens is 1. The Kier molecular flexibility index (Phi) is 5.93. The number of imide groups is 1. The number of amides is 2. The molecule has 2 aliphatic rings. The molecule has 0 radical (unpaired) electrons. The van der Waals surface area contributed by atoms with Gasteiger partial charge in [-0.05, 0) is 45.1 Å². The lowest BCUT2D eigenvalue weighted by Gasteiger charge is -2.28. The van der Waals surface area contributed by atoms with Gasteiger partial charge >= 0.3 is 0 Å². The molecule has 1 aliphatic heterocycles. The zero-order chi connectivity index (χ0) is 18.7. The van der Waals surface area contributed by atoms with Crippen LogP contribution in [0.4, 0.5) is 4.39 Å². The first-order valence-electron chi connectivity index (χ1n) is 8.45. The summed E-state index contributed by atoms with van der Waals surface area (Å²) < 4.78 is 19.1. The van der Waals surface area contributed by atoms with E-state index in [9.17, 15) is 18.8 Å². The summed E-state index contributed by atoms with van der Waals surface area (Å²) in [4.78, 5) is 36.8. The number of hydrogen-bond donors (Lipinski definition) is 1. The summed E-state index contributed by atoms with van der Waals surface area (Å²) in [6.07, 6.45) is 2.19. The average molecular weight is 349 g/mol. The molecule has 0 saturated carbocycles. The molecule has 2 atom stereocenters. The van der Waals surface area contributed by atoms with Crippen molar-refractivity contribution >= 4 is 17.6 Å². The standard InChI is InChI=1S/C19H24FNO4/c1-10(2)16-14(18(25-4)11(3)20)7-5-6-12(17(16)23)13-8-9-15(22)21-19(13)24/h12-13H,1,5-9H2,2-4H3,(H,21,22,24)/b18-11-. The predicted octanol–water partition coefficient (Wildman–Crippen LogP) is 3.13. The van der Waals surface area contributed by atoms with Gasteiger partial charge in [0, 0.05) is 29.4 Å². The summed E-state index contributed by atoms with van der Waals surface area (Å²) in [5.74, 6) is -2.43. The van der Waals surface area contributed by atoms with Crippen LogP contribution in [-0.2, 0) is 19.1 Å². The number of carbonyl (C=O) groups excluding carboxylic acids is 3. The third-order valence-corrected chi connectivity index (χ3v) is 4.81. The van der Waals surface area contributed by atoms with Gasteiger partial charge in [-0.2, -0.15) is 0 Å². The Morgan fingerprint density at radius 3 is 2.36 bits per heavy atom. The molecule has 1 heterocycles. The topological polar surface area (TPSA) is 72.5 Å².